The van der Waals surface area contributed by atoms with Crippen molar-refractivity contribution in [1.82, 2.24) is 10.2 Å². The van der Waals surface area contributed by atoms with Crippen molar-refractivity contribution >= 4 is 11.8 Å². The van der Waals surface area contributed by atoms with Crippen LogP contribution in [-0.2, 0) is 9.59 Å². The molecule has 2 fully saturated rings. The smallest absolute Gasteiger partial charge is 0.245 e. The maximum Gasteiger partial charge on any atom is 0.245 e. The molecule has 1 saturated carbocycles. The molecule has 2 atom stereocenters. The van der Waals surface area contributed by atoms with Crippen molar-refractivity contribution < 1.29 is 9.59 Å². The van der Waals surface area contributed by atoms with Gasteiger partial charge in [0.05, 0.1) is 0 Å². The van der Waals surface area contributed by atoms with E-state index in [1.165, 1.54) is 25.7 Å². The minimum Gasteiger partial charge on any atom is -0.343 e. The summed E-state index contributed by atoms with van der Waals surface area (Å²) in [4.78, 5) is 26.7. The van der Waals surface area contributed by atoms with Gasteiger partial charge >= 0.3 is 0 Å². The van der Waals surface area contributed by atoms with Gasteiger partial charge in [-0.3, -0.25) is 9.59 Å². The number of nitrogens with one attached hydrogen (secondary N) is 1. The van der Waals surface area contributed by atoms with E-state index in [2.05, 4.69) is 5.32 Å². The Bertz CT molecular complexity index is 346. The van der Waals surface area contributed by atoms with E-state index in [1.807, 2.05) is 18.7 Å². The third-order valence-electron chi connectivity index (χ3n) is 4.40. The molecule has 4 heteroatoms. The van der Waals surface area contributed by atoms with Crippen molar-refractivity contribution in [2.45, 2.75) is 77.4 Å². The van der Waals surface area contributed by atoms with Crippen molar-refractivity contribution in [3.63, 3.8) is 0 Å². The summed E-state index contributed by atoms with van der Waals surface area (Å²) in [6.07, 6.45) is 6.97. The highest BCUT2D eigenvalue weighted by molar-refractivity contribution is 5.97. The molecule has 0 aromatic rings. The van der Waals surface area contributed by atoms with Crippen molar-refractivity contribution in [2.24, 2.45) is 5.92 Å². The third-order valence-corrected chi connectivity index (χ3v) is 4.40. The number of amides is 2. The highest BCUT2D eigenvalue weighted by Crippen LogP contribution is 2.28. The minimum atomic E-state index is -0.370. The quantitative estimate of drug-likeness (QED) is 0.778. The van der Waals surface area contributed by atoms with Crippen molar-refractivity contribution in [3.05, 3.63) is 0 Å². The molecule has 2 aliphatic rings. The Labute approximate surface area is 115 Å². The summed E-state index contributed by atoms with van der Waals surface area (Å²) in [5.74, 6) is 0.288. The summed E-state index contributed by atoms with van der Waals surface area (Å²) in [6.45, 7) is 5.84. The van der Waals surface area contributed by atoms with Gasteiger partial charge in [-0.05, 0) is 25.7 Å². The number of rotatable bonds is 2. The summed E-state index contributed by atoms with van der Waals surface area (Å²) >= 11 is 0. The van der Waals surface area contributed by atoms with Gasteiger partial charge in [0, 0.05) is 6.04 Å². The molecule has 1 aliphatic carbocycles. The zero-order valence-corrected chi connectivity index (χ0v) is 12.3. The van der Waals surface area contributed by atoms with E-state index in [1.54, 1.807) is 6.92 Å². The van der Waals surface area contributed by atoms with Crippen LogP contribution >= 0.6 is 0 Å². The highest BCUT2D eigenvalue weighted by atomic mass is 16.2. The Balaban J connectivity index is 2.24. The van der Waals surface area contributed by atoms with Gasteiger partial charge in [-0.1, -0.05) is 39.5 Å². The number of piperazine rings is 1. The number of carbonyl (C=O) groups excluding carboxylic acids is 2. The van der Waals surface area contributed by atoms with E-state index in [-0.39, 0.29) is 35.9 Å². The number of hydrogen-bond acceptors (Lipinski definition) is 2. The van der Waals surface area contributed by atoms with Crippen LogP contribution in [0.3, 0.4) is 0 Å². The zero-order valence-electron chi connectivity index (χ0n) is 12.3. The van der Waals surface area contributed by atoms with Gasteiger partial charge in [-0.25, -0.2) is 0 Å². The Morgan fingerprint density at radius 3 is 2.21 bits per heavy atom. The standard InChI is InChI=1S/C15H26N2O2/c1-10(2)13-14(18)16-11(3)15(19)17(13)12-8-6-4-5-7-9-12/h10-13H,4-9H2,1-3H3,(H,16,18). The first-order valence-electron chi connectivity index (χ1n) is 7.65. The average molecular weight is 266 g/mol. The lowest BCUT2D eigenvalue weighted by Crippen LogP contribution is -2.66. The average Bonchev–Trinajstić information content (AvgIpc) is 2.61. The minimum absolute atomic E-state index is 0.0198. The fourth-order valence-electron chi connectivity index (χ4n) is 3.41. The number of hydrogen-bond donors (Lipinski definition) is 1. The predicted octanol–water partition coefficient (Wildman–Crippen LogP) is 2.08. The largest absolute Gasteiger partial charge is 0.343 e. The van der Waals surface area contributed by atoms with E-state index >= 15 is 0 Å². The first kappa shape index (κ1) is 14.4. The van der Waals surface area contributed by atoms with Crippen molar-refractivity contribution in [1.29, 1.82) is 0 Å². The number of nitrogens with zero attached hydrogens (tertiary/aromatic N) is 1. The summed E-state index contributed by atoms with van der Waals surface area (Å²) in [6, 6.07) is -0.395. The lowest BCUT2D eigenvalue weighted by Gasteiger charge is -2.44. The number of carbonyl (C=O) groups is 2. The Morgan fingerprint density at radius 1 is 1.11 bits per heavy atom. The molecule has 1 saturated heterocycles. The monoisotopic (exact) mass is 266 g/mol. The van der Waals surface area contributed by atoms with Gasteiger partial charge in [-0.2, -0.15) is 0 Å². The second-order valence-electron chi connectivity index (χ2n) is 6.31. The van der Waals surface area contributed by atoms with Gasteiger partial charge in [0.15, 0.2) is 0 Å². The highest BCUT2D eigenvalue weighted by Gasteiger charge is 2.43. The van der Waals surface area contributed by atoms with Gasteiger partial charge < -0.3 is 10.2 Å². The molecule has 0 spiro atoms. The maximum absolute atomic E-state index is 12.5. The molecule has 1 aliphatic heterocycles. The molecule has 2 amide bonds. The van der Waals surface area contributed by atoms with Crippen LogP contribution in [0.2, 0.25) is 0 Å². The maximum atomic E-state index is 12.5. The van der Waals surface area contributed by atoms with Crippen LogP contribution in [-0.4, -0.2) is 34.8 Å². The SMILES string of the molecule is CC1NC(=O)C(C(C)C)N(C2CCCCCC2)C1=O. The first-order chi connectivity index (χ1) is 9.02. The molecule has 1 heterocycles. The molecule has 4 nitrogen and oxygen atoms in total. The summed E-state index contributed by atoms with van der Waals surface area (Å²) in [7, 11) is 0. The van der Waals surface area contributed by atoms with Crippen LogP contribution in [0.5, 0.6) is 0 Å². The van der Waals surface area contributed by atoms with Gasteiger partial charge in [-0.15, -0.1) is 0 Å². The Kier molecular flexibility index (Phi) is 4.48. The van der Waals surface area contributed by atoms with E-state index in [0.717, 1.165) is 12.8 Å². The van der Waals surface area contributed by atoms with Crippen LogP contribution in [0.15, 0.2) is 0 Å². The summed E-state index contributed by atoms with van der Waals surface area (Å²) in [5, 5.41) is 2.81. The van der Waals surface area contributed by atoms with Gasteiger partial charge in [0.25, 0.3) is 0 Å². The van der Waals surface area contributed by atoms with Crippen LogP contribution in [0.25, 0.3) is 0 Å². The summed E-state index contributed by atoms with van der Waals surface area (Å²) < 4.78 is 0. The summed E-state index contributed by atoms with van der Waals surface area (Å²) in [5.41, 5.74) is 0. The molecule has 19 heavy (non-hydrogen) atoms. The van der Waals surface area contributed by atoms with Gasteiger partial charge in [0.2, 0.25) is 11.8 Å². The molecule has 0 radical (unpaired) electrons. The molecule has 0 bridgehead atoms. The molecule has 108 valence electrons. The molecular weight excluding hydrogens is 240 g/mol. The van der Waals surface area contributed by atoms with E-state index in [9.17, 15) is 9.59 Å². The molecule has 0 aromatic heterocycles. The van der Waals surface area contributed by atoms with Crippen LogP contribution in [0.4, 0.5) is 0 Å². The fraction of sp³-hybridized carbons (Fsp3) is 0.867. The van der Waals surface area contributed by atoms with Crippen LogP contribution in [0, 0.1) is 5.92 Å². The normalized spacial score (nSPS) is 30.4. The van der Waals surface area contributed by atoms with Crippen LogP contribution in [0.1, 0.15) is 59.3 Å². The Hall–Kier alpha value is -1.06. The van der Waals surface area contributed by atoms with E-state index < -0.39 is 0 Å². The fourth-order valence-corrected chi connectivity index (χ4v) is 3.41. The van der Waals surface area contributed by atoms with Crippen molar-refractivity contribution in [2.75, 3.05) is 0 Å². The lowest BCUT2D eigenvalue weighted by atomic mass is 9.93. The lowest BCUT2D eigenvalue weighted by molar-refractivity contribution is -0.154. The van der Waals surface area contributed by atoms with Crippen LogP contribution < -0.4 is 5.32 Å². The van der Waals surface area contributed by atoms with E-state index in [0.29, 0.717) is 0 Å². The first-order valence-corrected chi connectivity index (χ1v) is 7.65. The topological polar surface area (TPSA) is 49.4 Å². The zero-order chi connectivity index (χ0) is 14.0. The Morgan fingerprint density at radius 2 is 1.68 bits per heavy atom. The molecule has 0 aromatic carbocycles. The predicted molar refractivity (Wildman–Crippen MR) is 74.6 cm³/mol. The molecule has 1 N–H and O–H groups in total. The molecule has 2 unspecified atom stereocenters. The van der Waals surface area contributed by atoms with Gasteiger partial charge in [0.1, 0.15) is 12.1 Å². The van der Waals surface area contributed by atoms with Crippen molar-refractivity contribution in [3.8, 4) is 0 Å². The van der Waals surface area contributed by atoms with E-state index in [4.69, 9.17) is 0 Å². The molecule has 2 rings (SSSR count). The second-order valence-corrected chi connectivity index (χ2v) is 6.31. The molecular formula is C15H26N2O2. The third kappa shape index (κ3) is 2.93. The second kappa shape index (κ2) is 5.93.